The molecule has 3 rings (SSSR count). The van der Waals surface area contributed by atoms with Gasteiger partial charge in [0.15, 0.2) is 17.1 Å². The number of hydrogen-bond acceptors (Lipinski definition) is 4. The monoisotopic (exact) mass is 287 g/mol. The van der Waals surface area contributed by atoms with Crippen molar-refractivity contribution in [3.63, 3.8) is 0 Å². The van der Waals surface area contributed by atoms with Gasteiger partial charge in [0.2, 0.25) is 5.89 Å². The SMILES string of the molecule is COc1cccc(-c2nc3cc(C(=O)O)ccc3o2)c1F. The van der Waals surface area contributed by atoms with Crippen molar-refractivity contribution in [2.24, 2.45) is 0 Å². The highest BCUT2D eigenvalue weighted by molar-refractivity contribution is 5.92. The molecule has 0 radical (unpaired) electrons. The molecule has 0 aliphatic heterocycles. The molecule has 0 aliphatic carbocycles. The Labute approximate surface area is 118 Å². The quantitative estimate of drug-likeness (QED) is 0.799. The molecule has 0 atom stereocenters. The van der Waals surface area contributed by atoms with Gasteiger partial charge in [-0.25, -0.2) is 14.2 Å². The molecule has 0 aliphatic rings. The van der Waals surface area contributed by atoms with Gasteiger partial charge >= 0.3 is 5.97 Å². The number of aromatic carboxylic acids is 1. The van der Waals surface area contributed by atoms with Crippen LogP contribution in [0.1, 0.15) is 10.4 Å². The van der Waals surface area contributed by atoms with Gasteiger partial charge in [0.25, 0.3) is 0 Å². The van der Waals surface area contributed by atoms with Crippen molar-refractivity contribution in [1.29, 1.82) is 0 Å². The molecular weight excluding hydrogens is 277 g/mol. The van der Waals surface area contributed by atoms with Gasteiger partial charge in [-0.15, -0.1) is 0 Å². The summed E-state index contributed by atoms with van der Waals surface area (Å²) in [6.45, 7) is 0. The van der Waals surface area contributed by atoms with Crippen molar-refractivity contribution < 1.29 is 23.4 Å². The van der Waals surface area contributed by atoms with Gasteiger partial charge in [-0.05, 0) is 30.3 Å². The zero-order chi connectivity index (χ0) is 15.0. The number of methoxy groups -OCH3 is 1. The van der Waals surface area contributed by atoms with Gasteiger partial charge in [-0.2, -0.15) is 0 Å². The van der Waals surface area contributed by atoms with Crippen molar-refractivity contribution in [2.75, 3.05) is 7.11 Å². The Balaban J connectivity index is 2.15. The smallest absolute Gasteiger partial charge is 0.335 e. The van der Waals surface area contributed by atoms with Gasteiger partial charge in [0.1, 0.15) is 5.52 Å². The summed E-state index contributed by atoms with van der Waals surface area (Å²) in [5.41, 5.74) is 0.986. The average molecular weight is 287 g/mol. The number of carbonyl (C=O) groups is 1. The van der Waals surface area contributed by atoms with Crippen LogP contribution in [0.3, 0.4) is 0 Å². The number of fused-ring (bicyclic) bond motifs is 1. The van der Waals surface area contributed by atoms with Crippen molar-refractivity contribution in [1.82, 2.24) is 4.98 Å². The third kappa shape index (κ3) is 2.20. The molecule has 21 heavy (non-hydrogen) atoms. The van der Waals surface area contributed by atoms with E-state index in [1.807, 2.05) is 0 Å². The molecule has 0 bridgehead atoms. The van der Waals surface area contributed by atoms with E-state index in [9.17, 15) is 9.18 Å². The van der Waals surface area contributed by atoms with Crippen LogP contribution in [0.2, 0.25) is 0 Å². The number of rotatable bonds is 3. The fourth-order valence-electron chi connectivity index (χ4n) is 2.01. The van der Waals surface area contributed by atoms with Crippen LogP contribution in [0.5, 0.6) is 5.75 Å². The van der Waals surface area contributed by atoms with Crippen LogP contribution in [0, 0.1) is 5.82 Å². The Bertz CT molecular complexity index is 841. The summed E-state index contributed by atoms with van der Waals surface area (Å²) in [4.78, 5) is 15.1. The summed E-state index contributed by atoms with van der Waals surface area (Å²) in [6.07, 6.45) is 0. The van der Waals surface area contributed by atoms with E-state index in [0.717, 1.165) is 0 Å². The number of carboxylic acid groups (broad SMARTS) is 1. The first-order valence-corrected chi connectivity index (χ1v) is 6.07. The lowest BCUT2D eigenvalue weighted by Crippen LogP contribution is -1.94. The van der Waals surface area contributed by atoms with E-state index in [4.69, 9.17) is 14.3 Å². The fourth-order valence-corrected chi connectivity index (χ4v) is 2.01. The Morgan fingerprint density at radius 3 is 2.86 bits per heavy atom. The molecule has 0 saturated heterocycles. The first kappa shape index (κ1) is 13.1. The highest BCUT2D eigenvalue weighted by atomic mass is 19.1. The number of hydrogen-bond donors (Lipinski definition) is 1. The number of oxazole rings is 1. The highest BCUT2D eigenvalue weighted by Crippen LogP contribution is 2.30. The zero-order valence-electron chi connectivity index (χ0n) is 11.0. The summed E-state index contributed by atoms with van der Waals surface area (Å²) >= 11 is 0. The molecule has 5 nitrogen and oxygen atoms in total. The molecule has 0 fully saturated rings. The summed E-state index contributed by atoms with van der Waals surface area (Å²) in [7, 11) is 1.37. The maximum atomic E-state index is 14.2. The summed E-state index contributed by atoms with van der Waals surface area (Å²) < 4.78 is 24.6. The van der Waals surface area contributed by atoms with E-state index < -0.39 is 11.8 Å². The molecule has 106 valence electrons. The lowest BCUT2D eigenvalue weighted by molar-refractivity contribution is 0.0697. The van der Waals surface area contributed by atoms with Crippen molar-refractivity contribution in [2.45, 2.75) is 0 Å². The van der Waals surface area contributed by atoms with Crippen molar-refractivity contribution in [3.8, 4) is 17.2 Å². The molecule has 0 unspecified atom stereocenters. The fraction of sp³-hybridized carbons (Fsp3) is 0.0667. The maximum absolute atomic E-state index is 14.2. The Morgan fingerprint density at radius 1 is 1.33 bits per heavy atom. The first-order valence-electron chi connectivity index (χ1n) is 6.07. The second-order valence-corrected chi connectivity index (χ2v) is 4.33. The maximum Gasteiger partial charge on any atom is 0.335 e. The molecule has 0 amide bonds. The molecule has 1 heterocycles. The molecule has 6 heteroatoms. The summed E-state index contributed by atoms with van der Waals surface area (Å²) in [5.74, 6) is -1.48. The van der Waals surface area contributed by atoms with Gasteiger partial charge in [-0.1, -0.05) is 6.07 Å². The van der Waals surface area contributed by atoms with Crippen LogP contribution >= 0.6 is 0 Å². The summed E-state index contributed by atoms with van der Waals surface area (Å²) in [6, 6.07) is 8.90. The first-order chi connectivity index (χ1) is 10.1. The number of nitrogens with zero attached hydrogens (tertiary/aromatic N) is 1. The van der Waals surface area contributed by atoms with E-state index in [1.165, 1.54) is 37.4 Å². The number of carboxylic acids is 1. The largest absolute Gasteiger partial charge is 0.494 e. The second kappa shape index (κ2) is 4.90. The Hall–Kier alpha value is -2.89. The van der Waals surface area contributed by atoms with Crippen LogP contribution in [0.15, 0.2) is 40.8 Å². The zero-order valence-corrected chi connectivity index (χ0v) is 11.0. The Kier molecular flexibility index (Phi) is 3.06. The minimum atomic E-state index is -1.06. The molecule has 0 saturated carbocycles. The third-order valence-electron chi connectivity index (χ3n) is 3.05. The van der Waals surface area contributed by atoms with Crippen molar-refractivity contribution >= 4 is 17.1 Å². The van der Waals surface area contributed by atoms with E-state index in [-0.39, 0.29) is 22.8 Å². The molecule has 3 aromatic rings. The number of halogens is 1. The number of aromatic nitrogens is 1. The second-order valence-electron chi connectivity index (χ2n) is 4.33. The van der Waals surface area contributed by atoms with Crippen LogP contribution < -0.4 is 4.74 Å². The van der Waals surface area contributed by atoms with E-state index in [1.54, 1.807) is 6.07 Å². The van der Waals surface area contributed by atoms with Gasteiger partial charge in [0.05, 0.1) is 18.2 Å². The molecule has 1 aromatic heterocycles. The normalized spacial score (nSPS) is 10.8. The molecule has 1 N–H and O–H groups in total. The molecular formula is C15H10FNO4. The van der Waals surface area contributed by atoms with E-state index in [2.05, 4.69) is 4.98 Å². The topological polar surface area (TPSA) is 72.6 Å². The predicted molar refractivity (Wildman–Crippen MR) is 72.9 cm³/mol. The average Bonchev–Trinajstić information content (AvgIpc) is 2.90. The van der Waals surface area contributed by atoms with Gasteiger partial charge < -0.3 is 14.3 Å². The van der Waals surface area contributed by atoms with Crippen LogP contribution in [-0.2, 0) is 0 Å². The van der Waals surface area contributed by atoms with Crippen LogP contribution in [0.4, 0.5) is 4.39 Å². The molecule has 2 aromatic carbocycles. The predicted octanol–water partition coefficient (Wildman–Crippen LogP) is 3.34. The third-order valence-corrected chi connectivity index (χ3v) is 3.05. The number of ether oxygens (including phenoxy) is 1. The lowest BCUT2D eigenvalue weighted by Gasteiger charge is -2.03. The van der Waals surface area contributed by atoms with Crippen LogP contribution in [0.25, 0.3) is 22.6 Å². The standard InChI is InChI=1S/C15H10FNO4/c1-20-12-4-2-3-9(13(12)16)14-17-10-7-8(15(18)19)5-6-11(10)21-14/h2-7H,1H3,(H,18,19). The highest BCUT2D eigenvalue weighted by Gasteiger charge is 2.16. The lowest BCUT2D eigenvalue weighted by atomic mass is 10.2. The number of benzene rings is 2. The minimum absolute atomic E-state index is 0.0731. The minimum Gasteiger partial charge on any atom is -0.494 e. The molecule has 0 spiro atoms. The summed E-state index contributed by atoms with van der Waals surface area (Å²) in [5, 5.41) is 8.95. The van der Waals surface area contributed by atoms with Gasteiger partial charge in [0, 0.05) is 0 Å². The van der Waals surface area contributed by atoms with Gasteiger partial charge in [-0.3, -0.25) is 0 Å². The van der Waals surface area contributed by atoms with E-state index >= 15 is 0 Å². The van der Waals surface area contributed by atoms with Crippen molar-refractivity contribution in [3.05, 3.63) is 47.8 Å². The Morgan fingerprint density at radius 2 is 2.14 bits per heavy atom. The van der Waals surface area contributed by atoms with E-state index in [0.29, 0.717) is 11.1 Å². The van der Waals surface area contributed by atoms with Crippen LogP contribution in [-0.4, -0.2) is 23.2 Å².